The summed E-state index contributed by atoms with van der Waals surface area (Å²) in [5.41, 5.74) is 1.93. The first kappa shape index (κ1) is 12.7. The van der Waals surface area contributed by atoms with Gasteiger partial charge in [-0.05, 0) is 46.6 Å². The van der Waals surface area contributed by atoms with E-state index in [0.29, 0.717) is 15.9 Å². The van der Waals surface area contributed by atoms with Gasteiger partial charge in [0.1, 0.15) is 11.4 Å². The quantitative estimate of drug-likeness (QED) is 0.947. The van der Waals surface area contributed by atoms with Crippen molar-refractivity contribution in [1.82, 2.24) is 4.57 Å². The number of carboxylic acid groups (broad SMARTS) is 1. The van der Waals surface area contributed by atoms with Crippen LogP contribution in [0, 0.1) is 6.92 Å². The van der Waals surface area contributed by atoms with Gasteiger partial charge in [0, 0.05) is 10.7 Å². The van der Waals surface area contributed by atoms with Crippen molar-refractivity contribution in [3.05, 3.63) is 46.2 Å². The summed E-state index contributed by atoms with van der Waals surface area (Å²) >= 11 is 3.29. The summed E-state index contributed by atoms with van der Waals surface area (Å²) < 4.78 is 7.58. The van der Waals surface area contributed by atoms with Crippen LogP contribution in [0.4, 0.5) is 0 Å². The van der Waals surface area contributed by atoms with Crippen LogP contribution in [0.3, 0.4) is 0 Å². The monoisotopic (exact) mass is 309 g/mol. The second-order valence-electron chi connectivity index (χ2n) is 3.89. The van der Waals surface area contributed by atoms with Crippen molar-refractivity contribution in [2.24, 2.45) is 0 Å². The van der Waals surface area contributed by atoms with Crippen LogP contribution in [0.1, 0.15) is 16.1 Å². The molecular weight excluding hydrogens is 298 g/mol. The number of rotatable bonds is 3. The number of aryl methyl sites for hydroxylation is 1. The zero-order chi connectivity index (χ0) is 13.3. The molecule has 0 atom stereocenters. The number of halogens is 1. The summed E-state index contributed by atoms with van der Waals surface area (Å²) in [5.74, 6) is -0.351. The molecule has 94 valence electrons. The van der Waals surface area contributed by atoms with Gasteiger partial charge in [0.15, 0.2) is 0 Å². The first-order chi connectivity index (χ1) is 8.52. The Morgan fingerprint density at radius 1 is 1.39 bits per heavy atom. The van der Waals surface area contributed by atoms with E-state index in [1.165, 1.54) is 0 Å². The molecule has 0 unspecified atom stereocenters. The van der Waals surface area contributed by atoms with Crippen molar-refractivity contribution in [3.63, 3.8) is 0 Å². The second-order valence-corrected chi connectivity index (χ2v) is 4.81. The van der Waals surface area contributed by atoms with Crippen molar-refractivity contribution < 1.29 is 14.6 Å². The molecule has 0 aliphatic heterocycles. The number of nitrogens with zero attached hydrogens (tertiary/aromatic N) is 1. The summed E-state index contributed by atoms with van der Waals surface area (Å²) in [6, 6.07) is 7.19. The molecule has 0 aliphatic rings. The first-order valence-electron chi connectivity index (χ1n) is 5.29. The third-order valence-electron chi connectivity index (χ3n) is 2.60. The molecule has 0 spiro atoms. The number of carbonyl (C=O) groups is 1. The van der Waals surface area contributed by atoms with E-state index in [9.17, 15) is 9.90 Å². The van der Waals surface area contributed by atoms with Crippen LogP contribution < -0.4 is 4.74 Å². The van der Waals surface area contributed by atoms with Gasteiger partial charge in [0.05, 0.1) is 12.8 Å². The molecule has 0 aliphatic carbocycles. The van der Waals surface area contributed by atoms with Crippen LogP contribution in [0.15, 0.2) is 34.9 Å². The highest BCUT2D eigenvalue weighted by Gasteiger charge is 2.15. The lowest BCUT2D eigenvalue weighted by Gasteiger charge is -2.12. The molecule has 0 radical (unpaired) electrons. The molecule has 1 heterocycles. The topological polar surface area (TPSA) is 51.5 Å². The van der Waals surface area contributed by atoms with Crippen molar-refractivity contribution in [1.29, 1.82) is 0 Å². The lowest BCUT2D eigenvalue weighted by atomic mass is 10.2. The lowest BCUT2D eigenvalue weighted by molar-refractivity contribution is 0.0688. The summed E-state index contributed by atoms with van der Waals surface area (Å²) in [5, 5.41) is 9.19. The lowest BCUT2D eigenvalue weighted by Crippen LogP contribution is -2.07. The molecule has 0 saturated heterocycles. The number of methoxy groups -OCH3 is 1. The van der Waals surface area contributed by atoms with Crippen LogP contribution in [0.5, 0.6) is 5.75 Å². The Morgan fingerprint density at radius 2 is 2.11 bits per heavy atom. The van der Waals surface area contributed by atoms with Gasteiger partial charge >= 0.3 is 5.97 Å². The van der Waals surface area contributed by atoms with Crippen LogP contribution in [0.2, 0.25) is 0 Å². The number of aromatic carboxylic acids is 1. The highest BCUT2D eigenvalue weighted by molar-refractivity contribution is 9.10. The maximum atomic E-state index is 11.2. The molecule has 0 fully saturated rings. The average molecular weight is 310 g/mol. The van der Waals surface area contributed by atoms with E-state index in [1.54, 1.807) is 23.9 Å². The minimum absolute atomic E-state index is 0.186. The molecule has 0 amide bonds. The number of hydrogen-bond acceptors (Lipinski definition) is 2. The first-order valence-corrected chi connectivity index (χ1v) is 6.08. The molecule has 5 heteroatoms. The smallest absolute Gasteiger partial charge is 0.352 e. The Balaban J connectivity index is 2.68. The summed E-state index contributed by atoms with van der Waals surface area (Å²) in [6.07, 6.45) is 1.71. The van der Waals surface area contributed by atoms with Crippen LogP contribution in [0.25, 0.3) is 5.69 Å². The molecular formula is C13H12BrNO3. The van der Waals surface area contributed by atoms with Crippen molar-refractivity contribution in [2.45, 2.75) is 6.92 Å². The maximum Gasteiger partial charge on any atom is 0.352 e. The van der Waals surface area contributed by atoms with Crippen LogP contribution in [-0.2, 0) is 0 Å². The molecule has 1 aromatic heterocycles. The number of ether oxygens (including phenoxy) is 1. The average Bonchev–Trinajstić information content (AvgIpc) is 2.71. The van der Waals surface area contributed by atoms with E-state index < -0.39 is 5.97 Å². The molecule has 0 saturated carbocycles. The fourth-order valence-corrected chi connectivity index (χ4v) is 2.20. The SMILES string of the molecule is COc1ccc(C)cc1-n1cc(Br)cc1C(=O)O. The molecule has 4 nitrogen and oxygen atoms in total. The predicted octanol–water partition coefficient (Wildman–Crippen LogP) is 3.26. The van der Waals surface area contributed by atoms with Gasteiger partial charge in [-0.25, -0.2) is 4.79 Å². The van der Waals surface area contributed by atoms with Gasteiger partial charge in [-0.1, -0.05) is 6.07 Å². The van der Waals surface area contributed by atoms with Gasteiger partial charge < -0.3 is 14.4 Å². The van der Waals surface area contributed by atoms with Crippen molar-refractivity contribution in [2.75, 3.05) is 7.11 Å². The Morgan fingerprint density at radius 3 is 2.72 bits per heavy atom. The maximum absolute atomic E-state index is 11.2. The molecule has 1 N–H and O–H groups in total. The Hall–Kier alpha value is -1.75. The molecule has 18 heavy (non-hydrogen) atoms. The normalized spacial score (nSPS) is 10.4. The van der Waals surface area contributed by atoms with Gasteiger partial charge in [0.25, 0.3) is 0 Å². The highest BCUT2D eigenvalue weighted by Crippen LogP contribution is 2.28. The highest BCUT2D eigenvalue weighted by atomic mass is 79.9. The second kappa shape index (κ2) is 4.86. The van der Waals surface area contributed by atoms with E-state index >= 15 is 0 Å². The van der Waals surface area contributed by atoms with Crippen LogP contribution >= 0.6 is 15.9 Å². The predicted molar refractivity (Wildman–Crippen MR) is 71.7 cm³/mol. The van der Waals surface area contributed by atoms with Gasteiger partial charge in [-0.15, -0.1) is 0 Å². The van der Waals surface area contributed by atoms with E-state index in [-0.39, 0.29) is 5.69 Å². The summed E-state index contributed by atoms with van der Waals surface area (Å²) in [4.78, 5) is 11.2. The minimum Gasteiger partial charge on any atom is -0.495 e. The van der Waals surface area contributed by atoms with Crippen LogP contribution in [-0.4, -0.2) is 22.8 Å². The largest absolute Gasteiger partial charge is 0.495 e. The van der Waals surface area contributed by atoms with Gasteiger partial charge in [-0.2, -0.15) is 0 Å². The van der Waals surface area contributed by atoms with Crippen molar-refractivity contribution >= 4 is 21.9 Å². The van der Waals surface area contributed by atoms with E-state index in [2.05, 4.69) is 15.9 Å². The molecule has 0 bridgehead atoms. The number of aromatic nitrogens is 1. The fraction of sp³-hybridized carbons (Fsp3) is 0.154. The molecule has 1 aromatic carbocycles. The minimum atomic E-state index is -0.982. The van der Waals surface area contributed by atoms with Gasteiger partial charge in [0.2, 0.25) is 0 Å². The number of hydrogen-bond donors (Lipinski definition) is 1. The Kier molecular flexibility index (Phi) is 3.43. The standard InChI is InChI=1S/C13H12BrNO3/c1-8-3-4-12(18-2)10(5-8)15-7-9(14)6-11(15)13(16)17/h3-7H,1-2H3,(H,16,17). The third-order valence-corrected chi connectivity index (χ3v) is 3.03. The Labute approximate surface area is 113 Å². The number of benzene rings is 1. The van der Waals surface area contributed by atoms with E-state index in [4.69, 9.17) is 4.74 Å². The molecule has 2 rings (SSSR count). The fourth-order valence-electron chi connectivity index (χ4n) is 1.78. The molecule has 2 aromatic rings. The van der Waals surface area contributed by atoms with E-state index in [0.717, 1.165) is 5.56 Å². The Bertz CT molecular complexity index is 604. The zero-order valence-corrected chi connectivity index (χ0v) is 11.6. The van der Waals surface area contributed by atoms with Gasteiger partial charge in [-0.3, -0.25) is 0 Å². The van der Waals surface area contributed by atoms with Crippen molar-refractivity contribution in [3.8, 4) is 11.4 Å². The summed E-state index contributed by atoms with van der Waals surface area (Å²) in [6.45, 7) is 1.95. The third kappa shape index (κ3) is 2.26. The zero-order valence-electron chi connectivity index (χ0n) is 9.98. The number of carboxylic acids is 1. The summed E-state index contributed by atoms with van der Waals surface area (Å²) in [7, 11) is 1.56. The van der Waals surface area contributed by atoms with E-state index in [1.807, 2.05) is 25.1 Å².